The van der Waals surface area contributed by atoms with Crippen molar-refractivity contribution < 1.29 is 4.79 Å². The van der Waals surface area contributed by atoms with Gasteiger partial charge < -0.3 is 4.90 Å². The molecule has 0 saturated carbocycles. The zero-order chi connectivity index (χ0) is 14.3. The summed E-state index contributed by atoms with van der Waals surface area (Å²) >= 11 is 3.50. The predicted molar refractivity (Wildman–Crippen MR) is 85.2 cm³/mol. The third-order valence-electron chi connectivity index (χ3n) is 4.04. The predicted octanol–water partition coefficient (Wildman–Crippen LogP) is 4.06. The molecule has 3 heteroatoms. The number of carbonyl (C=O) groups excluding carboxylic acids is 1. The molecule has 20 heavy (non-hydrogen) atoms. The highest BCUT2D eigenvalue weighted by atomic mass is 79.9. The molecule has 0 saturated heterocycles. The van der Waals surface area contributed by atoms with Gasteiger partial charge in [-0.15, -0.1) is 0 Å². The summed E-state index contributed by atoms with van der Waals surface area (Å²) in [5, 5.41) is 0. The number of hydrogen-bond donors (Lipinski definition) is 0. The van der Waals surface area contributed by atoms with E-state index < -0.39 is 0 Å². The van der Waals surface area contributed by atoms with Crippen molar-refractivity contribution in [2.45, 2.75) is 19.3 Å². The molecule has 1 amide bonds. The Labute approximate surface area is 127 Å². The molecular formula is C17H16BrNO. The first-order chi connectivity index (χ1) is 9.58. The second-order valence-electron chi connectivity index (χ2n) is 5.28. The lowest BCUT2D eigenvalue weighted by Crippen LogP contribution is -2.25. The van der Waals surface area contributed by atoms with Crippen molar-refractivity contribution in [3.63, 3.8) is 0 Å². The lowest BCUT2D eigenvalue weighted by molar-refractivity contribution is -0.119. The van der Waals surface area contributed by atoms with E-state index in [9.17, 15) is 4.79 Å². The molecule has 0 radical (unpaired) electrons. The van der Waals surface area contributed by atoms with Crippen molar-refractivity contribution in [3.8, 4) is 0 Å². The Bertz CT molecular complexity index is 680. The number of nitrogens with zero attached hydrogens (tertiary/aromatic N) is 1. The number of halogens is 1. The van der Waals surface area contributed by atoms with Crippen LogP contribution in [0.4, 0.5) is 5.69 Å². The van der Waals surface area contributed by atoms with Crippen LogP contribution in [0.25, 0.3) is 0 Å². The van der Waals surface area contributed by atoms with E-state index in [-0.39, 0.29) is 11.8 Å². The van der Waals surface area contributed by atoms with Gasteiger partial charge in [-0.05, 0) is 48.2 Å². The van der Waals surface area contributed by atoms with Gasteiger partial charge in [0, 0.05) is 17.2 Å². The molecule has 1 atom stereocenters. The van der Waals surface area contributed by atoms with Crippen LogP contribution in [0.1, 0.15) is 22.6 Å². The van der Waals surface area contributed by atoms with Crippen LogP contribution in [-0.4, -0.2) is 13.0 Å². The van der Waals surface area contributed by atoms with Crippen LogP contribution in [0, 0.1) is 6.92 Å². The smallest absolute Gasteiger partial charge is 0.234 e. The fourth-order valence-corrected chi connectivity index (χ4v) is 3.23. The number of likely N-dealkylation sites (N-methyl/N-ethyl adjacent to an activating group) is 1. The maximum atomic E-state index is 12.5. The van der Waals surface area contributed by atoms with E-state index in [1.165, 1.54) is 11.1 Å². The average Bonchev–Trinajstić information content (AvgIpc) is 2.66. The van der Waals surface area contributed by atoms with Crippen molar-refractivity contribution in [2.24, 2.45) is 0 Å². The molecule has 0 aliphatic carbocycles. The van der Waals surface area contributed by atoms with E-state index >= 15 is 0 Å². The molecule has 1 heterocycles. The maximum Gasteiger partial charge on any atom is 0.234 e. The van der Waals surface area contributed by atoms with Crippen molar-refractivity contribution in [1.29, 1.82) is 0 Å². The third kappa shape index (κ3) is 2.16. The van der Waals surface area contributed by atoms with Crippen molar-refractivity contribution in [1.82, 2.24) is 0 Å². The van der Waals surface area contributed by atoms with E-state index in [4.69, 9.17) is 0 Å². The summed E-state index contributed by atoms with van der Waals surface area (Å²) in [6.45, 7) is 2.10. The van der Waals surface area contributed by atoms with Gasteiger partial charge >= 0.3 is 0 Å². The molecule has 0 N–H and O–H groups in total. The normalized spacial score (nSPS) is 17.4. The van der Waals surface area contributed by atoms with Crippen molar-refractivity contribution in [3.05, 3.63) is 63.6 Å². The molecule has 0 fully saturated rings. The third-order valence-corrected chi connectivity index (χ3v) is 4.53. The van der Waals surface area contributed by atoms with Gasteiger partial charge in [0.25, 0.3) is 0 Å². The number of anilines is 1. The molecule has 3 rings (SSSR count). The SMILES string of the molecule is Cc1ccccc1C[C@@H]1C(=O)N(C)c2ccc(Br)cc21. The van der Waals surface area contributed by atoms with Gasteiger partial charge in [0.05, 0.1) is 5.92 Å². The molecular weight excluding hydrogens is 314 g/mol. The highest BCUT2D eigenvalue weighted by Gasteiger charge is 2.35. The molecule has 0 unspecified atom stereocenters. The number of carbonyl (C=O) groups is 1. The van der Waals surface area contributed by atoms with Crippen LogP contribution in [0.2, 0.25) is 0 Å². The number of hydrogen-bond acceptors (Lipinski definition) is 1. The Morgan fingerprint density at radius 3 is 2.70 bits per heavy atom. The lowest BCUT2D eigenvalue weighted by Gasteiger charge is -2.12. The zero-order valence-electron chi connectivity index (χ0n) is 11.6. The molecule has 1 aliphatic heterocycles. The average molecular weight is 330 g/mol. The van der Waals surface area contributed by atoms with Crippen LogP contribution in [0.15, 0.2) is 46.9 Å². The zero-order valence-corrected chi connectivity index (χ0v) is 13.1. The summed E-state index contributed by atoms with van der Waals surface area (Å²) in [4.78, 5) is 14.3. The monoisotopic (exact) mass is 329 g/mol. The van der Waals surface area contributed by atoms with Crippen LogP contribution >= 0.6 is 15.9 Å². The van der Waals surface area contributed by atoms with Crippen molar-refractivity contribution in [2.75, 3.05) is 11.9 Å². The highest BCUT2D eigenvalue weighted by molar-refractivity contribution is 9.10. The Kier molecular flexibility index (Phi) is 3.38. The fraction of sp³-hybridized carbons (Fsp3) is 0.235. The van der Waals surface area contributed by atoms with Gasteiger partial charge in [-0.2, -0.15) is 0 Å². The number of rotatable bonds is 2. The summed E-state index contributed by atoms with van der Waals surface area (Å²) in [5.74, 6) is 0.106. The summed E-state index contributed by atoms with van der Waals surface area (Å²) in [6.07, 6.45) is 0.763. The lowest BCUT2D eigenvalue weighted by atomic mass is 9.91. The van der Waals surface area contributed by atoms with E-state index in [0.717, 1.165) is 22.1 Å². The highest BCUT2D eigenvalue weighted by Crippen LogP contribution is 2.39. The number of benzene rings is 2. The van der Waals surface area contributed by atoms with Gasteiger partial charge in [-0.3, -0.25) is 4.79 Å². The van der Waals surface area contributed by atoms with Crippen LogP contribution in [0.3, 0.4) is 0 Å². The topological polar surface area (TPSA) is 20.3 Å². The Morgan fingerprint density at radius 2 is 1.95 bits per heavy atom. The first-order valence-corrected chi connectivity index (χ1v) is 7.49. The molecule has 0 spiro atoms. The van der Waals surface area contributed by atoms with Crippen LogP contribution < -0.4 is 4.90 Å². The molecule has 0 bridgehead atoms. The quantitative estimate of drug-likeness (QED) is 0.813. The van der Waals surface area contributed by atoms with E-state index in [1.54, 1.807) is 4.90 Å². The van der Waals surface area contributed by atoms with E-state index in [1.807, 2.05) is 31.3 Å². The number of aryl methyl sites for hydroxylation is 1. The molecule has 2 aromatic rings. The number of amides is 1. The minimum absolute atomic E-state index is 0.0754. The van der Waals surface area contributed by atoms with Gasteiger partial charge in [0.1, 0.15) is 0 Å². The Morgan fingerprint density at radius 1 is 1.20 bits per heavy atom. The largest absolute Gasteiger partial charge is 0.315 e. The standard InChI is InChI=1S/C17H16BrNO/c1-11-5-3-4-6-12(11)9-15-14-10-13(18)7-8-16(14)19(2)17(15)20/h3-8,10,15H,9H2,1-2H3/t15-/m0/s1. The van der Waals surface area contributed by atoms with Gasteiger partial charge in [0.15, 0.2) is 0 Å². The molecule has 2 aromatic carbocycles. The van der Waals surface area contributed by atoms with Crippen molar-refractivity contribution >= 4 is 27.5 Å². The maximum absolute atomic E-state index is 12.5. The molecule has 102 valence electrons. The summed E-state index contributed by atoms with van der Waals surface area (Å²) in [7, 11) is 1.85. The first-order valence-electron chi connectivity index (χ1n) is 6.69. The van der Waals surface area contributed by atoms with Gasteiger partial charge in [-0.1, -0.05) is 40.2 Å². The fourth-order valence-electron chi connectivity index (χ4n) is 2.85. The summed E-state index contributed by atoms with van der Waals surface area (Å²) in [6, 6.07) is 14.3. The molecule has 2 nitrogen and oxygen atoms in total. The minimum Gasteiger partial charge on any atom is -0.315 e. The summed E-state index contributed by atoms with van der Waals surface area (Å²) in [5.41, 5.74) is 4.63. The van der Waals surface area contributed by atoms with Crippen LogP contribution in [0.5, 0.6) is 0 Å². The second-order valence-corrected chi connectivity index (χ2v) is 6.20. The Balaban J connectivity index is 2.01. The first kappa shape index (κ1) is 13.4. The number of fused-ring (bicyclic) bond motifs is 1. The van der Waals surface area contributed by atoms with Gasteiger partial charge in [0.2, 0.25) is 5.91 Å². The summed E-state index contributed by atoms with van der Waals surface area (Å²) < 4.78 is 1.02. The van der Waals surface area contributed by atoms with Gasteiger partial charge in [-0.25, -0.2) is 0 Å². The minimum atomic E-state index is -0.0754. The Hall–Kier alpha value is -1.61. The van der Waals surface area contributed by atoms with E-state index in [0.29, 0.717) is 0 Å². The second kappa shape index (κ2) is 5.06. The molecule has 1 aliphatic rings. The van der Waals surface area contributed by atoms with Crippen LogP contribution in [-0.2, 0) is 11.2 Å². The van der Waals surface area contributed by atoms with E-state index in [2.05, 4.69) is 41.1 Å². The molecule has 0 aromatic heterocycles.